The topological polar surface area (TPSA) is 52.3 Å². The highest BCUT2D eigenvalue weighted by atomic mass is 16.5. The summed E-state index contributed by atoms with van der Waals surface area (Å²) in [5.74, 6) is 0.0990. The molecule has 1 aromatic rings. The fourth-order valence-corrected chi connectivity index (χ4v) is 3.81. The van der Waals surface area contributed by atoms with Gasteiger partial charge in [-0.3, -0.25) is 4.79 Å². The van der Waals surface area contributed by atoms with Crippen LogP contribution in [0, 0.1) is 0 Å². The lowest BCUT2D eigenvalue weighted by atomic mass is 9.92. The summed E-state index contributed by atoms with van der Waals surface area (Å²) in [6, 6.07) is 8.94. The Morgan fingerprint density at radius 1 is 1.17 bits per heavy atom. The molecule has 1 fully saturated rings. The van der Waals surface area contributed by atoms with Crippen molar-refractivity contribution in [3.63, 3.8) is 0 Å². The number of carbonyl (C=O) groups is 1. The summed E-state index contributed by atoms with van der Waals surface area (Å²) in [4.78, 5) is 11.8. The molecule has 3 nitrogen and oxygen atoms in total. The highest BCUT2D eigenvalue weighted by Crippen LogP contribution is 2.40. The fraction of sp³-hybridized carbons (Fsp3) is 0.667. The largest absolute Gasteiger partial charge is 0.468 e. The van der Waals surface area contributed by atoms with E-state index in [9.17, 15) is 4.79 Å². The van der Waals surface area contributed by atoms with Crippen LogP contribution in [0.3, 0.4) is 0 Å². The van der Waals surface area contributed by atoms with Crippen molar-refractivity contribution < 1.29 is 9.53 Å². The molecular weight excluding hydrogens is 298 g/mol. The molecule has 0 saturated heterocycles. The normalized spacial score (nSPS) is 23.4. The zero-order chi connectivity index (χ0) is 17.4. The van der Waals surface area contributed by atoms with Crippen molar-refractivity contribution in [3.05, 3.63) is 35.4 Å². The molecule has 3 heteroatoms. The van der Waals surface area contributed by atoms with Crippen LogP contribution in [0.15, 0.2) is 24.3 Å². The van der Waals surface area contributed by atoms with Crippen LogP contribution < -0.4 is 5.73 Å². The summed E-state index contributed by atoms with van der Waals surface area (Å²) >= 11 is 0. The number of nitrogens with two attached hydrogens (primary N) is 1. The van der Waals surface area contributed by atoms with E-state index < -0.39 is 5.54 Å². The maximum Gasteiger partial charge on any atom is 0.325 e. The number of hydrogen-bond donors (Lipinski definition) is 1. The zero-order valence-electron chi connectivity index (χ0n) is 15.4. The highest BCUT2D eigenvalue weighted by Gasteiger charge is 2.43. The number of ether oxygens (including phenoxy) is 1. The van der Waals surface area contributed by atoms with Crippen molar-refractivity contribution in [1.29, 1.82) is 0 Å². The molecule has 0 spiro atoms. The Morgan fingerprint density at radius 3 is 2.50 bits per heavy atom. The quantitative estimate of drug-likeness (QED) is 0.526. The van der Waals surface area contributed by atoms with Crippen LogP contribution in [-0.2, 0) is 16.0 Å². The van der Waals surface area contributed by atoms with E-state index in [0.29, 0.717) is 18.8 Å². The summed E-state index contributed by atoms with van der Waals surface area (Å²) in [5, 5.41) is 0. The maximum absolute atomic E-state index is 11.8. The van der Waals surface area contributed by atoms with Gasteiger partial charge in [0.1, 0.15) is 5.54 Å². The Bertz CT molecular complexity index is 511. The van der Waals surface area contributed by atoms with Crippen LogP contribution in [0.2, 0.25) is 0 Å². The van der Waals surface area contributed by atoms with Gasteiger partial charge in [0.15, 0.2) is 0 Å². The predicted octanol–water partition coefficient (Wildman–Crippen LogP) is 4.73. The lowest BCUT2D eigenvalue weighted by molar-refractivity contribution is -0.146. The van der Waals surface area contributed by atoms with Gasteiger partial charge < -0.3 is 10.5 Å². The molecule has 1 aliphatic carbocycles. The smallest absolute Gasteiger partial charge is 0.325 e. The molecule has 134 valence electrons. The number of unbranched alkanes of at least 4 members (excludes halogenated alkanes) is 5. The molecule has 0 radical (unpaired) electrons. The third kappa shape index (κ3) is 5.07. The Labute approximate surface area is 147 Å². The van der Waals surface area contributed by atoms with E-state index in [2.05, 4.69) is 31.2 Å². The predicted molar refractivity (Wildman–Crippen MR) is 99.0 cm³/mol. The van der Waals surface area contributed by atoms with Crippen molar-refractivity contribution >= 4 is 5.97 Å². The lowest BCUT2D eigenvalue weighted by Gasteiger charge is -2.20. The molecule has 2 unspecified atom stereocenters. The standard InChI is InChI=1S/C21H33NO2/c1-3-4-5-6-7-8-9-17-10-12-18(13-11-17)19-14-15-21(22,16-19)20(23)24-2/h10-13,19H,3-9,14-16,22H2,1-2H3. The number of carbonyl (C=O) groups excluding carboxylic acids is 1. The van der Waals surface area contributed by atoms with Crippen LogP contribution in [-0.4, -0.2) is 18.6 Å². The maximum atomic E-state index is 11.8. The van der Waals surface area contributed by atoms with E-state index in [0.717, 1.165) is 6.42 Å². The first kappa shape index (κ1) is 19.0. The molecule has 0 aromatic heterocycles. The van der Waals surface area contributed by atoms with Gasteiger partial charge in [0, 0.05) is 0 Å². The Hall–Kier alpha value is -1.35. The van der Waals surface area contributed by atoms with Gasteiger partial charge in [0.05, 0.1) is 7.11 Å². The van der Waals surface area contributed by atoms with Gasteiger partial charge in [0.2, 0.25) is 0 Å². The van der Waals surface area contributed by atoms with E-state index >= 15 is 0 Å². The SMILES string of the molecule is CCCCCCCCc1ccc(C2CCC(N)(C(=O)OC)C2)cc1. The molecule has 2 atom stereocenters. The molecule has 0 bridgehead atoms. The van der Waals surface area contributed by atoms with Crippen LogP contribution in [0.25, 0.3) is 0 Å². The Morgan fingerprint density at radius 2 is 1.83 bits per heavy atom. The van der Waals surface area contributed by atoms with Crippen molar-refractivity contribution in [1.82, 2.24) is 0 Å². The second-order valence-electron chi connectivity index (χ2n) is 7.35. The minimum atomic E-state index is -0.795. The molecule has 1 saturated carbocycles. The van der Waals surface area contributed by atoms with Crippen LogP contribution >= 0.6 is 0 Å². The third-order valence-electron chi connectivity index (χ3n) is 5.41. The number of esters is 1. The molecule has 2 N–H and O–H groups in total. The van der Waals surface area contributed by atoms with Gasteiger partial charge in [-0.2, -0.15) is 0 Å². The molecule has 1 aliphatic rings. The second kappa shape index (κ2) is 9.22. The van der Waals surface area contributed by atoms with Crippen LogP contribution in [0.1, 0.15) is 81.8 Å². The number of hydrogen-bond acceptors (Lipinski definition) is 3. The van der Waals surface area contributed by atoms with Gasteiger partial charge in [-0.15, -0.1) is 0 Å². The molecule has 1 aromatic carbocycles. The third-order valence-corrected chi connectivity index (χ3v) is 5.41. The average molecular weight is 332 g/mol. The molecule has 2 rings (SSSR count). The number of benzene rings is 1. The average Bonchev–Trinajstić information content (AvgIpc) is 3.01. The Kier molecular flexibility index (Phi) is 7.29. The van der Waals surface area contributed by atoms with Crippen molar-refractivity contribution in [2.75, 3.05) is 7.11 Å². The highest BCUT2D eigenvalue weighted by molar-refractivity contribution is 5.81. The molecule has 0 amide bonds. The van der Waals surface area contributed by atoms with Crippen LogP contribution in [0.5, 0.6) is 0 Å². The van der Waals surface area contributed by atoms with Gasteiger partial charge >= 0.3 is 5.97 Å². The van der Waals surface area contributed by atoms with Crippen LogP contribution in [0.4, 0.5) is 0 Å². The van der Waals surface area contributed by atoms with E-state index in [-0.39, 0.29) is 5.97 Å². The van der Waals surface area contributed by atoms with Gasteiger partial charge in [-0.25, -0.2) is 0 Å². The van der Waals surface area contributed by atoms with E-state index in [1.165, 1.54) is 63.2 Å². The van der Waals surface area contributed by atoms with E-state index in [1.54, 1.807) is 0 Å². The number of aryl methyl sites for hydroxylation is 1. The van der Waals surface area contributed by atoms with Gasteiger partial charge in [-0.05, 0) is 49.1 Å². The summed E-state index contributed by atoms with van der Waals surface area (Å²) in [7, 11) is 1.42. The summed E-state index contributed by atoms with van der Waals surface area (Å²) < 4.78 is 4.86. The zero-order valence-corrected chi connectivity index (χ0v) is 15.4. The van der Waals surface area contributed by atoms with Gasteiger partial charge in [0.25, 0.3) is 0 Å². The van der Waals surface area contributed by atoms with Gasteiger partial charge in [-0.1, -0.05) is 63.3 Å². The van der Waals surface area contributed by atoms with Crippen molar-refractivity contribution in [2.45, 2.75) is 82.6 Å². The first-order valence-corrected chi connectivity index (χ1v) is 9.55. The minimum Gasteiger partial charge on any atom is -0.468 e. The van der Waals surface area contributed by atoms with E-state index in [1.807, 2.05) is 0 Å². The molecule has 24 heavy (non-hydrogen) atoms. The number of rotatable bonds is 9. The molecular formula is C21H33NO2. The summed E-state index contributed by atoms with van der Waals surface area (Å²) in [6.45, 7) is 2.26. The summed E-state index contributed by atoms with van der Waals surface area (Å²) in [6.07, 6.45) is 11.5. The number of methoxy groups -OCH3 is 1. The fourth-order valence-electron chi connectivity index (χ4n) is 3.81. The monoisotopic (exact) mass is 331 g/mol. The minimum absolute atomic E-state index is 0.273. The Balaban J connectivity index is 1.79. The lowest BCUT2D eigenvalue weighted by Crippen LogP contribution is -2.46. The molecule has 0 aliphatic heterocycles. The first-order chi connectivity index (χ1) is 11.6. The summed E-state index contributed by atoms with van der Waals surface area (Å²) in [5.41, 5.74) is 8.14. The van der Waals surface area contributed by atoms with E-state index in [4.69, 9.17) is 10.5 Å². The second-order valence-corrected chi connectivity index (χ2v) is 7.35. The molecule has 0 heterocycles. The van der Waals surface area contributed by atoms with Crippen molar-refractivity contribution in [2.24, 2.45) is 5.73 Å². The first-order valence-electron chi connectivity index (χ1n) is 9.55. The van der Waals surface area contributed by atoms with Crippen molar-refractivity contribution in [3.8, 4) is 0 Å².